The number of benzene rings is 2. The first kappa shape index (κ1) is 21.3. The van der Waals surface area contributed by atoms with Gasteiger partial charge >= 0.3 is 0 Å². The first-order valence-corrected chi connectivity index (χ1v) is 11.3. The van der Waals surface area contributed by atoms with Gasteiger partial charge in [-0.2, -0.15) is 0 Å². The molecule has 0 heterocycles. The first-order valence-electron chi connectivity index (χ1n) is 9.08. The highest BCUT2D eigenvalue weighted by molar-refractivity contribution is 9.09. The van der Waals surface area contributed by atoms with Crippen LogP contribution in [0.25, 0.3) is 0 Å². The Morgan fingerprint density at radius 1 is 0.808 bits per heavy atom. The molecule has 0 aliphatic carbocycles. The lowest BCUT2D eigenvalue weighted by Gasteiger charge is -2.26. The average Bonchev–Trinajstić information content (AvgIpc) is 2.69. The van der Waals surface area contributed by atoms with Crippen LogP contribution in [0.15, 0.2) is 48.5 Å². The third-order valence-corrected chi connectivity index (χ3v) is 6.23. The Hall–Kier alpha value is -1.00. The fourth-order valence-electron chi connectivity index (χ4n) is 3.40. The molecule has 26 heavy (non-hydrogen) atoms. The zero-order chi connectivity index (χ0) is 18.8. The maximum atomic E-state index is 5.39. The third-order valence-electron chi connectivity index (χ3n) is 4.84. The van der Waals surface area contributed by atoms with Gasteiger partial charge in [0.25, 0.3) is 0 Å². The molecule has 0 saturated carbocycles. The standard InChI is InChI=1S/C22H28Br2O2/c1-25-21-9-3-6-17(14-21)12-19(8-5-11-23)20(16-24)13-18-7-4-10-22(15-18)26-2/h3-4,6-7,9-10,14-15,19-20H,5,8,11-13,16H2,1-2H3/t19-,20+/m1/s1. The summed E-state index contributed by atoms with van der Waals surface area (Å²) in [5.41, 5.74) is 2.68. The molecule has 2 aromatic rings. The molecule has 0 amide bonds. The van der Waals surface area contributed by atoms with Crippen LogP contribution in [-0.2, 0) is 12.8 Å². The molecule has 142 valence electrons. The van der Waals surface area contributed by atoms with Gasteiger partial charge in [-0.15, -0.1) is 0 Å². The number of hydrogen-bond acceptors (Lipinski definition) is 2. The summed E-state index contributed by atoms with van der Waals surface area (Å²) < 4.78 is 10.8. The van der Waals surface area contributed by atoms with Crippen molar-refractivity contribution in [2.45, 2.75) is 25.7 Å². The van der Waals surface area contributed by atoms with Gasteiger partial charge in [-0.1, -0.05) is 56.1 Å². The fraction of sp³-hybridized carbons (Fsp3) is 0.455. The van der Waals surface area contributed by atoms with Crippen molar-refractivity contribution in [3.8, 4) is 11.5 Å². The molecule has 0 aliphatic rings. The average molecular weight is 484 g/mol. The van der Waals surface area contributed by atoms with Crippen molar-refractivity contribution in [3.63, 3.8) is 0 Å². The van der Waals surface area contributed by atoms with Crippen LogP contribution in [0.4, 0.5) is 0 Å². The Kier molecular flexibility index (Phi) is 9.55. The second kappa shape index (κ2) is 11.7. The van der Waals surface area contributed by atoms with Gasteiger partial charge < -0.3 is 9.47 Å². The van der Waals surface area contributed by atoms with Crippen molar-refractivity contribution < 1.29 is 9.47 Å². The summed E-state index contributed by atoms with van der Waals surface area (Å²) in [6, 6.07) is 16.9. The minimum absolute atomic E-state index is 0.576. The molecule has 0 bridgehead atoms. The Bertz CT molecular complexity index is 660. The quantitative estimate of drug-likeness (QED) is 0.349. The summed E-state index contributed by atoms with van der Waals surface area (Å²) in [6.07, 6.45) is 4.53. The molecule has 2 atom stereocenters. The Morgan fingerprint density at radius 2 is 1.35 bits per heavy atom. The van der Waals surface area contributed by atoms with E-state index in [0.29, 0.717) is 11.8 Å². The largest absolute Gasteiger partial charge is 0.497 e. The van der Waals surface area contributed by atoms with Gasteiger partial charge in [-0.3, -0.25) is 0 Å². The monoisotopic (exact) mass is 482 g/mol. The highest BCUT2D eigenvalue weighted by atomic mass is 79.9. The molecule has 0 saturated heterocycles. The fourth-order valence-corrected chi connectivity index (χ4v) is 4.48. The maximum Gasteiger partial charge on any atom is 0.119 e. The summed E-state index contributed by atoms with van der Waals surface area (Å²) in [7, 11) is 3.45. The molecular weight excluding hydrogens is 456 g/mol. The predicted molar refractivity (Wildman–Crippen MR) is 117 cm³/mol. The van der Waals surface area contributed by atoms with Gasteiger partial charge in [-0.05, 0) is 72.9 Å². The topological polar surface area (TPSA) is 18.5 Å². The van der Waals surface area contributed by atoms with E-state index in [4.69, 9.17) is 9.47 Å². The molecule has 2 nitrogen and oxygen atoms in total. The zero-order valence-electron chi connectivity index (χ0n) is 15.6. The van der Waals surface area contributed by atoms with Gasteiger partial charge in [-0.25, -0.2) is 0 Å². The van der Waals surface area contributed by atoms with E-state index in [9.17, 15) is 0 Å². The van der Waals surface area contributed by atoms with E-state index < -0.39 is 0 Å². The summed E-state index contributed by atoms with van der Waals surface area (Å²) in [5.74, 6) is 3.06. The van der Waals surface area contributed by atoms with E-state index in [-0.39, 0.29) is 0 Å². The van der Waals surface area contributed by atoms with Crippen LogP contribution in [0.3, 0.4) is 0 Å². The molecular formula is C22H28Br2O2. The van der Waals surface area contributed by atoms with E-state index >= 15 is 0 Å². The SMILES string of the molecule is COc1cccc(C[C@@H](CBr)[C@H](CCCBr)Cc2cccc(OC)c2)c1. The van der Waals surface area contributed by atoms with Crippen molar-refractivity contribution in [1.29, 1.82) is 0 Å². The van der Waals surface area contributed by atoms with Crippen LogP contribution in [0.1, 0.15) is 24.0 Å². The van der Waals surface area contributed by atoms with Crippen molar-refractivity contribution in [2.75, 3.05) is 24.9 Å². The molecule has 0 spiro atoms. The maximum absolute atomic E-state index is 5.39. The van der Waals surface area contributed by atoms with Crippen LogP contribution in [0, 0.1) is 11.8 Å². The number of hydrogen-bond donors (Lipinski definition) is 0. The number of alkyl halides is 2. The van der Waals surface area contributed by atoms with Gasteiger partial charge in [0.15, 0.2) is 0 Å². The second-order valence-electron chi connectivity index (χ2n) is 6.62. The van der Waals surface area contributed by atoms with E-state index in [1.165, 1.54) is 24.0 Å². The number of methoxy groups -OCH3 is 2. The molecule has 0 radical (unpaired) electrons. The van der Waals surface area contributed by atoms with Crippen molar-refractivity contribution in [1.82, 2.24) is 0 Å². The summed E-state index contributed by atoms with van der Waals surface area (Å²) in [5, 5.41) is 2.05. The minimum atomic E-state index is 0.576. The molecule has 0 unspecified atom stereocenters. The first-order chi connectivity index (χ1) is 12.7. The Labute approximate surface area is 174 Å². The summed E-state index contributed by atoms with van der Waals surface area (Å²) in [6.45, 7) is 0. The molecule has 0 aliphatic heterocycles. The van der Waals surface area contributed by atoms with Gasteiger partial charge in [0, 0.05) is 10.7 Å². The van der Waals surface area contributed by atoms with Crippen LogP contribution in [0.2, 0.25) is 0 Å². The molecule has 0 aromatic heterocycles. The normalized spacial score (nSPS) is 13.2. The Morgan fingerprint density at radius 3 is 1.81 bits per heavy atom. The van der Waals surface area contributed by atoms with Crippen LogP contribution < -0.4 is 9.47 Å². The van der Waals surface area contributed by atoms with Gasteiger partial charge in [0.05, 0.1) is 14.2 Å². The smallest absolute Gasteiger partial charge is 0.119 e. The molecule has 2 aromatic carbocycles. The minimum Gasteiger partial charge on any atom is -0.497 e. The van der Waals surface area contributed by atoms with E-state index in [1.54, 1.807) is 14.2 Å². The predicted octanol–water partition coefficient (Wildman–Crippen LogP) is 6.29. The highest BCUT2D eigenvalue weighted by Crippen LogP contribution is 2.29. The summed E-state index contributed by atoms with van der Waals surface area (Å²) >= 11 is 7.37. The van der Waals surface area contributed by atoms with Crippen molar-refractivity contribution in [3.05, 3.63) is 59.7 Å². The second-order valence-corrected chi connectivity index (χ2v) is 8.06. The van der Waals surface area contributed by atoms with Crippen molar-refractivity contribution in [2.24, 2.45) is 11.8 Å². The van der Waals surface area contributed by atoms with Crippen molar-refractivity contribution >= 4 is 31.9 Å². The molecule has 4 heteroatoms. The lowest BCUT2D eigenvalue weighted by molar-refractivity contribution is 0.335. The van der Waals surface area contributed by atoms with E-state index in [1.807, 2.05) is 12.1 Å². The summed E-state index contributed by atoms with van der Waals surface area (Å²) in [4.78, 5) is 0. The molecule has 2 rings (SSSR count). The van der Waals surface area contributed by atoms with Gasteiger partial charge in [0.1, 0.15) is 11.5 Å². The molecule has 0 fully saturated rings. The van der Waals surface area contributed by atoms with E-state index in [0.717, 1.165) is 35.0 Å². The van der Waals surface area contributed by atoms with E-state index in [2.05, 4.69) is 68.3 Å². The number of ether oxygens (including phenoxy) is 2. The lowest BCUT2D eigenvalue weighted by atomic mass is 9.81. The third kappa shape index (κ3) is 6.62. The highest BCUT2D eigenvalue weighted by Gasteiger charge is 2.21. The zero-order valence-corrected chi connectivity index (χ0v) is 18.8. The van der Waals surface area contributed by atoms with Crippen LogP contribution in [-0.4, -0.2) is 24.9 Å². The van der Waals surface area contributed by atoms with Gasteiger partial charge in [0.2, 0.25) is 0 Å². The van der Waals surface area contributed by atoms with Crippen LogP contribution >= 0.6 is 31.9 Å². The lowest BCUT2D eigenvalue weighted by Crippen LogP contribution is -2.21. The number of rotatable bonds is 11. The Balaban J connectivity index is 2.15. The molecule has 0 N–H and O–H groups in total. The van der Waals surface area contributed by atoms with Crippen LogP contribution in [0.5, 0.6) is 11.5 Å². The number of halogens is 2.